The van der Waals surface area contributed by atoms with Gasteiger partial charge in [-0.15, -0.1) is 0 Å². The van der Waals surface area contributed by atoms with Gasteiger partial charge in [-0.25, -0.2) is 9.59 Å². The molecule has 34 heavy (non-hydrogen) atoms. The number of carboxylic acids is 2. The van der Waals surface area contributed by atoms with E-state index < -0.39 is 23.8 Å². The molecule has 8 nitrogen and oxygen atoms in total. The van der Waals surface area contributed by atoms with Gasteiger partial charge in [0.1, 0.15) is 0 Å². The molecule has 8 heteroatoms. The van der Waals surface area contributed by atoms with E-state index in [1.54, 1.807) is 60.7 Å². The van der Waals surface area contributed by atoms with Crippen molar-refractivity contribution in [1.82, 2.24) is 10.6 Å². The third-order valence-corrected chi connectivity index (χ3v) is 5.74. The molecule has 4 N–H and O–H groups in total. The third-order valence-electron chi connectivity index (χ3n) is 5.74. The number of nitrogens with one attached hydrogen (secondary N) is 2. The highest BCUT2D eigenvalue weighted by Crippen LogP contribution is 2.49. The smallest absolute Gasteiger partial charge is 0.336 e. The number of carboxylic acid groups (broad SMARTS) is 2. The summed E-state index contributed by atoms with van der Waals surface area (Å²) in [6, 6.07) is 16.2. The van der Waals surface area contributed by atoms with Crippen molar-refractivity contribution in [3.05, 3.63) is 82.9 Å². The van der Waals surface area contributed by atoms with E-state index >= 15 is 0 Å². The highest BCUT2D eigenvalue weighted by molar-refractivity contribution is 6.25. The second-order valence-electron chi connectivity index (χ2n) is 7.49. The van der Waals surface area contributed by atoms with Gasteiger partial charge in [-0.1, -0.05) is 60.7 Å². The maximum absolute atomic E-state index is 13.1. The average molecular weight is 456 g/mol. The predicted octanol–water partition coefficient (Wildman–Crippen LogP) is 3.68. The summed E-state index contributed by atoms with van der Waals surface area (Å²) in [5.74, 6) is -3.91. The van der Waals surface area contributed by atoms with E-state index in [9.17, 15) is 29.4 Å². The lowest BCUT2D eigenvalue weighted by Crippen LogP contribution is -2.21. The molecule has 0 heterocycles. The van der Waals surface area contributed by atoms with Gasteiger partial charge in [-0.2, -0.15) is 0 Å². The normalized spacial score (nSPS) is 10.8. The Balaban J connectivity index is 2.36. The van der Waals surface area contributed by atoms with Crippen molar-refractivity contribution < 1.29 is 29.4 Å². The summed E-state index contributed by atoms with van der Waals surface area (Å²) in [6.45, 7) is 0. The lowest BCUT2D eigenvalue weighted by Gasteiger charge is -2.10. The van der Waals surface area contributed by atoms with Gasteiger partial charge in [0.15, 0.2) is 0 Å². The minimum absolute atomic E-state index is 0.0153. The van der Waals surface area contributed by atoms with Crippen LogP contribution in [0.4, 0.5) is 0 Å². The molecule has 0 aliphatic heterocycles. The number of hydrogen-bond acceptors (Lipinski definition) is 4. The Kier molecular flexibility index (Phi) is 5.73. The van der Waals surface area contributed by atoms with Crippen LogP contribution in [-0.2, 0) is 0 Å². The van der Waals surface area contributed by atoms with Crippen LogP contribution in [0.25, 0.3) is 33.4 Å². The summed E-state index contributed by atoms with van der Waals surface area (Å²) in [7, 11) is 2.79. The van der Waals surface area contributed by atoms with Gasteiger partial charge in [0, 0.05) is 25.2 Å². The molecule has 0 unspecified atom stereocenters. The summed E-state index contributed by atoms with van der Waals surface area (Å²) in [5.41, 5.74) is 0.401. The van der Waals surface area contributed by atoms with Gasteiger partial charge in [0.2, 0.25) is 0 Å². The topological polar surface area (TPSA) is 133 Å². The zero-order valence-electron chi connectivity index (χ0n) is 18.3. The fourth-order valence-corrected chi connectivity index (χ4v) is 4.42. The Bertz CT molecular complexity index is 1320. The largest absolute Gasteiger partial charge is 0.478 e. The van der Waals surface area contributed by atoms with Gasteiger partial charge >= 0.3 is 11.9 Å². The van der Waals surface area contributed by atoms with E-state index in [0.717, 1.165) is 0 Å². The second-order valence-corrected chi connectivity index (χ2v) is 7.49. The Labute approximate surface area is 194 Å². The first kappa shape index (κ1) is 22.5. The van der Waals surface area contributed by atoms with Gasteiger partial charge in [0.25, 0.3) is 11.8 Å². The SMILES string of the molecule is CNC(=O)c1c2cccccc-2c(C(=O)O)c1-c1c(C(=O)O)c2cccccc-2c1C(=O)NC. The molecule has 0 saturated carbocycles. The van der Waals surface area contributed by atoms with Crippen molar-refractivity contribution in [1.29, 1.82) is 0 Å². The summed E-state index contributed by atoms with van der Waals surface area (Å²) < 4.78 is 0. The fraction of sp³-hybridized carbons (Fsp3) is 0.0769. The number of hydrogen-bond donors (Lipinski definition) is 4. The summed E-state index contributed by atoms with van der Waals surface area (Å²) >= 11 is 0. The van der Waals surface area contributed by atoms with Gasteiger partial charge in [-0.3, -0.25) is 9.59 Å². The molecule has 170 valence electrons. The minimum atomic E-state index is -1.35. The molecule has 0 atom stereocenters. The molecule has 0 spiro atoms. The zero-order chi connectivity index (χ0) is 24.6. The minimum Gasteiger partial charge on any atom is -0.478 e. The molecule has 2 amide bonds. The van der Waals surface area contributed by atoms with Crippen molar-refractivity contribution >= 4 is 23.8 Å². The summed E-state index contributed by atoms with van der Waals surface area (Å²) in [5, 5.41) is 25.5. The maximum atomic E-state index is 13.1. The van der Waals surface area contributed by atoms with Crippen LogP contribution in [0.15, 0.2) is 60.7 Å². The van der Waals surface area contributed by atoms with Crippen LogP contribution in [-0.4, -0.2) is 48.1 Å². The fourth-order valence-electron chi connectivity index (χ4n) is 4.42. The molecule has 0 aromatic rings. The molecule has 0 aromatic carbocycles. The number of rotatable bonds is 5. The lowest BCUT2D eigenvalue weighted by molar-refractivity contribution is 0.0685. The standard InChI is InChI=1S/C26H20N2O6/c1-27-23(29)17-13-9-5-3-7-11-15(13)19(25(31)32)21(17)22-18(24(30)28-2)14-10-6-4-8-12-16(14)20(22)26(33)34/h3-12H,1-2H3,(H,27,29)(H,28,30)(H,31,32)(H,33,34). The van der Waals surface area contributed by atoms with E-state index in [1.165, 1.54) is 14.1 Å². The monoisotopic (exact) mass is 456 g/mol. The van der Waals surface area contributed by atoms with Crippen molar-refractivity contribution in [3.63, 3.8) is 0 Å². The van der Waals surface area contributed by atoms with Crippen molar-refractivity contribution in [2.75, 3.05) is 14.1 Å². The van der Waals surface area contributed by atoms with Crippen molar-refractivity contribution in [3.8, 4) is 33.4 Å². The Morgan fingerprint density at radius 3 is 1.09 bits per heavy atom. The number of carbonyl (C=O) groups excluding carboxylic acids is 2. The van der Waals surface area contributed by atoms with E-state index in [0.29, 0.717) is 11.1 Å². The van der Waals surface area contributed by atoms with Crippen molar-refractivity contribution in [2.24, 2.45) is 0 Å². The predicted molar refractivity (Wildman–Crippen MR) is 126 cm³/mol. The van der Waals surface area contributed by atoms with Crippen LogP contribution in [0.3, 0.4) is 0 Å². The number of aromatic carboxylic acids is 2. The zero-order valence-corrected chi connectivity index (χ0v) is 18.3. The molecule has 0 saturated heterocycles. The number of carbonyl (C=O) groups is 4. The molecular formula is C26H20N2O6. The van der Waals surface area contributed by atoms with Gasteiger partial charge in [0.05, 0.1) is 22.3 Å². The molecule has 0 aromatic heterocycles. The Morgan fingerprint density at radius 2 is 0.824 bits per heavy atom. The number of fused-ring (bicyclic) bond motifs is 2. The van der Waals surface area contributed by atoms with E-state index in [-0.39, 0.29) is 44.5 Å². The maximum Gasteiger partial charge on any atom is 0.336 e. The first-order valence-electron chi connectivity index (χ1n) is 10.3. The van der Waals surface area contributed by atoms with Crippen LogP contribution < -0.4 is 10.6 Å². The van der Waals surface area contributed by atoms with E-state index in [1.807, 2.05) is 0 Å². The molecule has 4 aliphatic rings. The van der Waals surface area contributed by atoms with E-state index in [2.05, 4.69) is 10.6 Å². The van der Waals surface area contributed by atoms with Crippen LogP contribution in [0.2, 0.25) is 0 Å². The Morgan fingerprint density at radius 1 is 0.529 bits per heavy atom. The van der Waals surface area contributed by atoms with Crippen LogP contribution in [0.5, 0.6) is 0 Å². The molecule has 0 bridgehead atoms. The molecule has 4 rings (SSSR count). The number of amides is 2. The molecule has 4 aliphatic carbocycles. The summed E-state index contributed by atoms with van der Waals surface area (Å²) in [4.78, 5) is 51.3. The second kappa shape index (κ2) is 8.67. The summed E-state index contributed by atoms with van der Waals surface area (Å²) in [6.07, 6.45) is 0. The van der Waals surface area contributed by atoms with E-state index in [4.69, 9.17) is 0 Å². The van der Waals surface area contributed by atoms with Gasteiger partial charge in [-0.05, 0) is 22.3 Å². The first-order chi connectivity index (χ1) is 16.3. The molecule has 0 radical (unpaired) electrons. The van der Waals surface area contributed by atoms with Crippen LogP contribution in [0, 0.1) is 0 Å². The third kappa shape index (κ3) is 3.32. The highest BCUT2D eigenvalue weighted by atomic mass is 16.4. The lowest BCUT2D eigenvalue weighted by atomic mass is 9.94. The first-order valence-corrected chi connectivity index (χ1v) is 10.3. The van der Waals surface area contributed by atoms with Crippen LogP contribution in [0.1, 0.15) is 41.4 Å². The van der Waals surface area contributed by atoms with Crippen LogP contribution >= 0.6 is 0 Å². The van der Waals surface area contributed by atoms with Gasteiger partial charge < -0.3 is 20.8 Å². The highest BCUT2D eigenvalue weighted by Gasteiger charge is 2.38. The van der Waals surface area contributed by atoms with Crippen molar-refractivity contribution in [2.45, 2.75) is 0 Å². The quantitative estimate of drug-likeness (QED) is 0.362. The average Bonchev–Trinajstić information content (AvgIpc) is 3.03. The Hall–Kier alpha value is -4.72. The molecule has 0 fully saturated rings. The molecular weight excluding hydrogens is 436 g/mol.